The van der Waals surface area contributed by atoms with Gasteiger partial charge in [0.1, 0.15) is 0 Å². The Morgan fingerprint density at radius 2 is 1.93 bits per heavy atom. The maximum absolute atomic E-state index is 10.1. The van der Waals surface area contributed by atoms with E-state index in [1.54, 1.807) is 11.3 Å². The average Bonchev–Trinajstić information content (AvgIpc) is 2.44. The van der Waals surface area contributed by atoms with Gasteiger partial charge in [-0.05, 0) is 46.3 Å². The number of aryl methyl sites for hydroxylation is 1. The molecule has 0 aliphatic heterocycles. The van der Waals surface area contributed by atoms with Crippen LogP contribution in [0.4, 0.5) is 0 Å². The summed E-state index contributed by atoms with van der Waals surface area (Å²) in [6.45, 7) is 8.43. The van der Waals surface area contributed by atoms with Crippen LogP contribution in [0.25, 0.3) is 0 Å². The molecule has 1 heterocycles. The lowest BCUT2D eigenvalue weighted by Gasteiger charge is -2.20. The zero-order valence-corrected chi connectivity index (χ0v) is 11.4. The van der Waals surface area contributed by atoms with Crippen LogP contribution in [0.5, 0.6) is 0 Å². The molecule has 0 bridgehead atoms. The third-order valence-corrected chi connectivity index (χ3v) is 4.92. The summed E-state index contributed by atoms with van der Waals surface area (Å²) in [7, 11) is 0. The van der Waals surface area contributed by atoms with E-state index in [-0.39, 0.29) is 6.10 Å². The van der Waals surface area contributed by atoms with Crippen molar-refractivity contribution in [2.75, 3.05) is 0 Å². The number of hydrogen-bond acceptors (Lipinski definition) is 2. The first kappa shape index (κ1) is 12.2. The van der Waals surface area contributed by atoms with Crippen LogP contribution in [-0.4, -0.2) is 5.11 Å². The molecule has 0 aromatic carbocycles. The lowest BCUT2D eigenvalue weighted by Crippen LogP contribution is -2.13. The molecule has 0 saturated heterocycles. The minimum atomic E-state index is -0.329. The van der Waals surface area contributed by atoms with E-state index >= 15 is 0 Å². The molecule has 1 aromatic heterocycles. The smallest absolute Gasteiger partial charge is 0.0910 e. The van der Waals surface area contributed by atoms with Crippen molar-refractivity contribution in [1.29, 1.82) is 0 Å². The normalized spacial score (nSPS) is 15.9. The molecule has 1 rings (SSSR count). The fourth-order valence-corrected chi connectivity index (χ4v) is 2.93. The average molecular weight is 277 g/mol. The Balaban J connectivity index is 2.83. The summed E-state index contributed by atoms with van der Waals surface area (Å²) in [6, 6.07) is 2.07. The van der Waals surface area contributed by atoms with Crippen molar-refractivity contribution in [3.05, 3.63) is 20.3 Å². The predicted octanol–water partition coefficient (Wildman–Crippen LogP) is 4.14. The van der Waals surface area contributed by atoms with Gasteiger partial charge in [-0.25, -0.2) is 0 Å². The first-order valence-corrected chi connectivity index (χ1v) is 6.48. The van der Waals surface area contributed by atoms with Gasteiger partial charge in [0.2, 0.25) is 0 Å². The number of hydrogen-bond donors (Lipinski definition) is 1. The minimum Gasteiger partial charge on any atom is -0.387 e. The van der Waals surface area contributed by atoms with Gasteiger partial charge in [0.05, 0.1) is 9.89 Å². The van der Waals surface area contributed by atoms with Crippen molar-refractivity contribution in [2.45, 2.75) is 33.8 Å². The standard InChI is InChI=1S/C11H17BrOS/c1-6(2)8(4)10(13)9-5-7(3)11(12)14-9/h5-6,8,10,13H,1-4H3. The van der Waals surface area contributed by atoms with Crippen molar-refractivity contribution in [1.82, 2.24) is 0 Å². The van der Waals surface area contributed by atoms with Crippen LogP contribution in [0.2, 0.25) is 0 Å². The monoisotopic (exact) mass is 276 g/mol. The highest BCUT2D eigenvalue weighted by Crippen LogP contribution is 2.36. The summed E-state index contributed by atoms with van der Waals surface area (Å²) in [5, 5.41) is 10.1. The SMILES string of the molecule is Cc1cc(C(O)C(C)C(C)C)sc1Br. The topological polar surface area (TPSA) is 20.2 Å². The maximum Gasteiger partial charge on any atom is 0.0910 e. The molecule has 0 radical (unpaired) electrons. The van der Waals surface area contributed by atoms with E-state index in [0.29, 0.717) is 11.8 Å². The predicted molar refractivity (Wildman–Crippen MR) is 65.7 cm³/mol. The number of rotatable bonds is 3. The Kier molecular flexibility index (Phi) is 4.16. The molecule has 1 aromatic rings. The molecule has 1 nitrogen and oxygen atoms in total. The molecule has 2 unspecified atom stereocenters. The summed E-state index contributed by atoms with van der Waals surface area (Å²) in [6.07, 6.45) is -0.329. The molecule has 0 amide bonds. The van der Waals surface area contributed by atoms with E-state index in [1.807, 2.05) is 0 Å². The van der Waals surface area contributed by atoms with E-state index in [1.165, 1.54) is 5.56 Å². The molecule has 14 heavy (non-hydrogen) atoms. The van der Waals surface area contributed by atoms with E-state index in [9.17, 15) is 5.11 Å². The highest BCUT2D eigenvalue weighted by Gasteiger charge is 2.21. The van der Waals surface area contributed by atoms with Crippen molar-refractivity contribution in [3.8, 4) is 0 Å². The Morgan fingerprint density at radius 1 is 1.36 bits per heavy atom. The zero-order valence-electron chi connectivity index (χ0n) is 9.04. The summed E-state index contributed by atoms with van der Waals surface area (Å²) >= 11 is 5.11. The van der Waals surface area contributed by atoms with Crippen LogP contribution in [0.15, 0.2) is 9.85 Å². The first-order chi connectivity index (χ1) is 6.43. The van der Waals surface area contributed by atoms with E-state index in [4.69, 9.17) is 0 Å². The van der Waals surface area contributed by atoms with Gasteiger partial charge >= 0.3 is 0 Å². The molecule has 80 valence electrons. The molecule has 0 aliphatic carbocycles. The molecular formula is C11H17BrOS. The molecule has 2 atom stereocenters. The largest absolute Gasteiger partial charge is 0.387 e. The van der Waals surface area contributed by atoms with Gasteiger partial charge < -0.3 is 5.11 Å². The molecule has 0 aliphatic rings. The van der Waals surface area contributed by atoms with Crippen LogP contribution in [0.1, 0.15) is 37.3 Å². The molecule has 0 spiro atoms. The number of thiophene rings is 1. The molecule has 0 saturated carbocycles. The highest BCUT2D eigenvalue weighted by atomic mass is 79.9. The Hall–Kier alpha value is 0.140. The highest BCUT2D eigenvalue weighted by molar-refractivity contribution is 9.11. The molecule has 1 N–H and O–H groups in total. The summed E-state index contributed by atoms with van der Waals surface area (Å²) < 4.78 is 1.13. The Bertz CT molecular complexity index is 287. The van der Waals surface area contributed by atoms with Crippen molar-refractivity contribution < 1.29 is 5.11 Å². The van der Waals surface area contributed by atoms with Crippen molar-refractivity contribution in [2.24, 2.45) is 11.8 Å². The summed E-state index contributed by atoms with van der Waals surface area (Å²) in [4.78, 5) is 1.07. The van der Waals surface area contributed by atoms with Gasteiger partial charge in [-0.3, -0.25) is 0 Å². The summed E-state index contributed by atoms with van der Waals surface area (Å²) in [5.74, 6) is 0.811. The second kappa shape index (κ2) is 4.77. The van der Waals surface area contributed by atoms with E-state index < -0.39 is 0 Å². The lowest BCUT2D eigenvalue weighted by molar-refractivity contribution is 0.0953. The molecule has 0 fully saturated rings. The van der Waals surface area contributed by atoms with E-state index in [0.717, 1.165) is 8.66 Å². The van der Waals surface area contributed by atoms with Crippen LogP contribution < -0.4 is 0 Å². The van der Waals surface area contributed by atoms with Gasteiger partial charge in [0, 0.05) is 4.88 Å². The van der Waals surface area contributed by atoms with Crippen molar-refractivity contribution in [3.63, 3.8) is 0 Å². The number of aliphatic hydroxyl groups excluding tert-OH is 1. The molecular weight excluding hydrogens is 260 g/mol. The fraction of sp³-hybridized carbons (Fsp3) is 0.636. The second-order valence-electron chi connectivity index (χ2n) is 4.15. The van der Waals surface area contributed by atoms with Crippen LogP contribution in [-0.2, 0) is 0 Å². The molecule has 3 heteroatoms. The van der Waals surface area contributed by atoms with E-state index in [2.05, 4.69) is 49.7 Å². The first-order valence-electron chi connectivity index (χ1n) is 4.87. The van der Waals surface area contributed by atoms with Gasteiger partial charge in [0.15, 0.2) is 0 Å². The Labute approximate surface area is 98.3 Å². The van der Waals surface area contributed by atoms with Crippen molar-refractivity contribution >= 4 is 27.3 Å². The Morgan fingerprint density at radius 3 is 2.29 bits per heavy atom. The third kappa shape index (κ3) is 2.59. The van der Waals surface area contributed by atoms with Gasteiger partial charge in [0.25, 0.3) is 0 Å². The van der Waals surface area contributed by atoms with Crippen LogP contribution >= 0.6 is 27.3 Å². The quantitative estimate of drug-likeness (QED) is 0.880. The number of aliphatic hydroxyl groups is 1. The third-order valence-electron chi connectivity index (χ3n) is 2.72. The fourth-order valence-electron chi connectivity index (χ4n) is 1.25. The summed E-state index contributed by atoms with van der Waals surface area (Å²) in [5.41, 5.74) is 1.21. The lowest BCUT2D eigenvalue weighted by atomic mass is 9.91. The minimum absolute atomic E-state index is 0.306. The van der Waals surface area contributed by atoms with Gasteiger partial charge in [-0.2, -0.15) is 0 Å². The van der Waals surface area contributed by atoms with Crippen LogP contribution in [0.3, 0.4) is 0 Å². The van der Waals surface area contributed by atoms with Crippen LogP contribution in [0, 0.1) is 18.8 Å². The van der Waals surface area contributed by atoms with Gasteiger partial charge in [-0.1, -0.05) is 20.8 Å². The maximum atomic E-state index is 10.1. The van der Waals surface area contributed by atoms with Gasteiger partial charge in [-0.15, -0.1) is 11.3 Å². The second-order valence-corrected chi connectivity index (χ2v) is 6.56. The zero-order chi connectivity index (χ0) is 10.9. The number of halogens is 1.